The third-order valence-electron chi connectivity index (χ3n) is 4.96. The van der Waals surface area contributed by atoms with E-state index in [-0.39, 0.29) is 47.0 Å². The predicted molar refractivity (Wildman–Crippen MR) is 132 cm³/mol. The van der Waals surface area contributed by atoms with Gasteiger partial charge in [-0.15, -0.1) is 13.2 Å². The van der Waals surface area contributed by atoms with Gasteiger partial charge in [-0.05, 0) is 37.3 Å². The molecule has 0 N–H and O–H groups in total. The summed E-state index contributed by atoms with van der Waals surface area (Å²) in [7, 11) is -3.82. The zero-order valence-corrected chi connectivity index (χ0v) is 20.7. The van der Waals surface area contributed by atoms with Crippen molar-refractivity contribution >= 4 is 37.5 Å². The standard InChI is InChI=1S/C24H25F2N3O4S2/c1-4-11-28(12-5-2)35(31,32)19-9-7-17(8-10-19)23(30)27-24-29(13-14-33-6-3)22-20(26)15-18(25)16-21(22)34-24/h4-5,7-10,15-16H,1-2,6,11-14H2,3H3. The molecule has 0 aliphatic carbocycles. The van der Waals surface area contributed by atoms with Crippen LogP contribution in [0.2, 0.25) is 0 Å². The number of aromatic nitrogens is 1. The van der Waals surface area contributed by atoms with Gasteiger partial charge in [-0.2, -0.15) is 9.30 Å². The minimum absolute atomic E-state index is 0.00365. The van der Waals surface area contributed by atoms with Gasteiger partial charge in [-0.3, -0.25) is 4.79 Å². The maximum Gasteiger partial charge on any atom is 0.279 e. The van der Waals surface area contributed by atoms with Crippen molar-refractivity contribution < 1.29 is 26.7 Å². The fraction of sp³-hybridized carbons (Fsp3) is 0.250. The fourth-order valence-corrected chi connectivity index (χ4v) is 5.83. The second kappa shape index (κ2) is 11.6. The minimum Gasteiger partial charge on any atom is -0.380 e. The average molecular weight is 522 g/mol. The zero-order chi connectivity index (χ0) is 25.6. The van der Waals surface area contributed by atoms with Crippen LogP contribution in [0.15, 0.2) is 71.6 Å². The molecule has 0 fully saturated rings. The van der Waals surface area contributed by atoms with E-state index < -0.39 is 27.6 Å². The zero-order valence-electron chi connectivity index (χ0n) is 19.1. The van der Waals surface area contributed by atoms with Gasteiger partial charge in [-0.25, -0.2) is 17.2 Å². The van der Waals surface area contributed by atoms with Gasteiger partial charge >= 0.3 is 0 Å². The van der Waals surface area contributed by atoms with Gasteiger partial charge < -0.3 is 9.30 Å². The lowest BCUT2D eigenvalue weighted by molar-refractivity contribution is 0.0996. The van der Waals surface area contributed by atoms with Gasteiger partial charge in [0.25, 0.3) is 5.91 Å². The molecule has 0 bridgehead atoms. The number of amides is 1. The summed E-state index contributed by atoms with van der Waals surface area (Å²) in [5, 5.41) is 0. The number of thiazole rings is 1. The van der Waals surface area contributed by atoms with Gasteiger partial charge in [0.1, 0.15) is 5.82 Å². The molecular weight excluding hydrogens is 496 g/mol. The Morgan fingerprint density at radius 2 is 1.83 bits per heavy atom. The molecule has 3 rings (SSSR count). The van der Waals surface area contributed by atoms with Crippen molar-refractivity contribution in [3.63, 3.8) is 0 Å². The number of carbonyl (C=O) groups is 1. The van der Waals surface area contributed by atoms with Crippen molar-refractivity contribution in [3.8, 4) is 0 Å². The van der Waals surface area contributed by atoms with Crippen LogP contribution < -0.4 is 4.80 Å². The number of rotatable bonds is 11. The molecule has 1 aromatic heterocycles. The van der Waals surface area contributed by atoms with E-state index in [1.807, 2.05) is 6.92 Å². The van der Waals surface area contributed by atoms with E-state index >= 15 is 0 Å². The predicted octanol–water partition coefficient (Wildman–Crippen LogP) is 4.12. The monoisotopic (exact) mass is 521 g/mol. The summed E-state index contributed by atoms with van der Waals surface area (Å²) in [6, 6.07) is 7.31. The smallest absolute Gasteiger partial charge is 0.279 e. The van der Waals surface area contributed by atoms with Crippen molar-refractivity contribution in [2.24, 2.45) is 4.99 Å². The molecule has 1 amide bonds. The maximum atomic E-state index is 14.5. The molecule has 35 heavy (non-hydrogen) atoms. The summed E-state index contributed by atoms with van der Waals surface area (Å²) in [6.45, 7) is 10.1. The lowest BCUT2D eigenvalue weighted by Gasteiger charge is -2.19. The number of hydrogen-bond acceptors (Lipinski definition) is 5. The second-order valence-corrected chi connectivity index (χ2v) is 10.3. The van der Waals surface area contributed by atoms with Gasteiger partial charge in [0.05, 0.1) is 21.7 Å². The van der Waals surface area contributed by atoms with Crippen molar-refractivity contribution in [2.45, 2.75) is 18.4 Å². The Hall–Kier alpha value is -2.99. The molecule has 0 radical (unpaired) electrons. The Bertz CT molecular complexity index is 1400. The van der Waals surface area contributed by atoms with E-state index in [4.69, 9.17) is 4.74 Å². The first-order valence-electron chi connectivity index (χ1n) is 10.7. The first-order chi connectivity index (χ1) is 16.7. The number of sulfonamides is 1. The second-order valence-electron chi connectivity index (χ2n) is 7.31. The van der Waals surface area contributed by atoms with Crippen LogP contribution in [0.1, 0.15) is 17.3 Å². The van der Waals surface area contributed by atoms with E-state index in [0.29, 0.717) is 11.3 Å². The number of hydrogen-bond donors (Lipinski definition) is 0. The maximum absolute atomic E-state index is 14.5. The van der Waals surface area contributed by atoms with E-state index in [0.717, 1.165) is 17.4 Å². The van der Waals surface area contributed by atoms with Crippen molar-refractivity contribution in [1.82, 2.24) is 8.87 Å². The van der Waals surface area contributed by atoms with Crippen LogP contribution in [0, 0.1) is 11.6 Å². The molecular formula is C24H25F2N3O4S2. The lowest BCUT2D eigenvalue weighted by Crippen LogP contribution is -2.31. The molecule has 186 valence electrons. The highest BCUT2D eigenvalue weighted by Gasteiger charge is 2.23. The number of halogens is 2. The summed E-state index contributed by atoms with van der Waals surface area (Å²) in [6.07, 6.45) is 2.94. The van der Waals surface area contributed by atoms with E-state index in [2.05, 4.69) is 18.2 Å². The average Bonchev–Trinajstić information content (AvgIpc) is 3.16. The number of ether oxygens (including phenoxy) is 1. The van der Waals surface area contributed by atoms with Crippen LogP contribution in [0.4, 0.5) is 8.78 Å². The first kappa shape index (κ1) is 26.6. The molecule has 0 saturated heterocycles. The molecule has 0 atom stereocenters. The highest BCUT2D eigenvalue weighted by Crippen LogP contribution is 2.23. The van der Waals surface area contributed by atoms with Crippen LogP contribution in [0.5, 0.6) is 0 Å². The fourth-order valence-electron chi connectivity index (χ4n) is 3.35. The Kier molecular flexibility index (Phi) is 8.84. The molecule has 0 spiro atoms. The van der Waals surface area contributed by atoms with Crippen LogP contribution in [0.25, 0.3) is 10.2 Å². The summed E-state index contributed by atoms with van der Waals surface area (Å²) in [4.78, 5) is 17.2. The van der Waals surface area contributed by atoms with Crippen molar-refractivity contribution in [1.29, 1.82) is 0 Å². The first-order valence-corrected chi connectivity index (χ1v) is 13.0. The molecule has 0 aliphatic heterocycles. The minimum atomic E-state index is -3.82. The molecule has 11 heteroatoms. The Labute approximate surface area is 206 Å². The van der Waals surface area contributed by atoms with E-state index in [1.54, 1.807) is 0 Å². The van der Waals surface area contributed by atoms with Crippen LogP contribution in [-0.4, -0.2) is 49.5 Å². The number of benzene rings is 2. The third-order valence-corrected chi connectivity index (χ3v) is 7.83. The van der Waals surface area contributed by atoms with Crippen LogP contribution in [0.3, 0.4) is 0 Å². The van der Waals surface area contributed by atoms with Gasteiger partial charge in [0.2, 0.25) is 10.0 Å². The highest BCUT2D eigenvalue weighted by atomic mass is 32.2. The summed E-state index contributed by atoms with van der Waals surface area (Å²) in [5.74, 6) is -2.15. The number of nitrogens with zero attached hydrogens (tertiary/aromatic N) is 3. The normalized spacial score (nSPS) is 12.4. The van der Waals surface area contributed by atoms with E-state index in [9.17, 15) is 22.0 Å². The SMILES string of the molecule is C=CCN(CC=C)S(=O)(=O)c1ccc(C(=O)N=c2sc3cc(F)cc(F)c3n2CCOCC)cc1. The number of carbonyl (C=O) groups excluding carboxylic acids is 1. The molecule has 2 aromatic carbocycles. The molecule has 1 heterocycles. The highest BCUT2D eigenvalue weighted by molar-refractivity contribution is 7.89. The largest absolute Gasteiger partial charge is 0.380 e. The number of fused-ring (bicyclic) bond motifs is 1. The summed E-state index contributed by atoms with van der Waals surface area (Å²) < 4.78 is 62.3. The third kappa shape index (κ3) is 5.99. The summed E-state index contributed by atoms with van der Waals surface area (Å²) in [5.41, 5.74) is 0.275. The van der Waals surface area contributed by atoms with Gasteiger partial charge in [0.15, 0.2) is 10.6 Å². The van der Waals surface area contributed by atoms with Crippen molar-refractivity contribution in [2.75, 3.05) is 26.3 Å². The summed E-state index contributed by atoms with van der Waals surface area (Å²) >= 11 is 0.974. The van der Waals surface area contributed by atoms with Crippen LogP contribution >= 0.6 is 11.3 Å². The molecule has 7 nitrogen and oxygen atoms in total. The lowest BCUT2D eigenvalue weighted by atomic mass is 10.2. The quantitative estimate of drug-likeness (QED) is 0.281. The Balaban J connectivity index is 1.99. The molecule has 0 unspecified atom stereocenters. The topological polar surface area (TPSA) is 81.0 Å². The Morgan fingerprint density at radius 3 is 2.43 bits per heavy atom. The molecule has 0 saturated carbocycles. The van der Waals surface area contributed by atoms with Crippen molar-refractivity contribution in [3.05, 3.63) is 83.7 Å². The Morgan fingerprint density at radius 1 is 1.17 bits per heavy atom. The molecule has 3 aromatic rings. The van der Waals surface area contributed by atoms with Crippen LogP contribution in [-0.2, 0) is 21.3 Å². The van der Waals surface area contributed by atoms with Gasteiger partial charge in [0, 0.05) is 37.9 Å². The van der Waals surface area contributed by atoms with Gasteiger partial charge in [-0.1, -0.05) is 23.5 Å². The molecule has 0 aliphatic rings. The van der Waals surface area contributed by atoms with E-state index in [1.165, 1.54) is 51.4 Å².